The van der Waals surface area contributed by atoms with E-state index in [1.54, 1.807) is 35.2 Å². The molecule has 29 heavy (non-hydrogen) atoms. The Bertz CT molecular complexity index is 1080. The summed E-state index contributed by atoms with van der Waals surface area (Å²) in [7, 11) is -3.56. The maximum absolute atomic E-state index is 12.7. The number of amides is 1. The third kappa shape index (κ3) is 4.36. The van der Waals surface area contributed by atoms with E-state index in [1.165, 1.54) is 11.0 Å². The maximum atomic E-state index is 12.7. The van der Waals surface area contributed by atoms with Gasteiger partial charge in [0, 0.05) is 19.1 Å². The molecule has 4 rings (SSSR count). The van der Waals surface area contributed by atoms with Crippen molar-refractivity contribution < 1.29 is 13.2 Å². The minimum atomic E-state index is -3.56. The highest BCUT2D eigenvalue weighted by atomic mass is 32.2. The van der Waals surface area contributed by atoms with Gasteiger partial charge in [-0.3, -0.25) is 4.79 Å². The molecule has 2 aromatic carbocycles. The molecule has 0 atom stereocenters. The fourth-order valence-corrected chi connectivity index (χ4v) is 4.62. The Kier molecular flexibility index (Phi) is 5.41. The van der Waals surface area contributed by atoms with E-state index in [4.69, 9.17) is 0 Å². The van der Waals surface area contributed by atoms with Gasteiger partial charge in [-0.2, -0.15) is 9.90 Å². The molecule has 0 saturated carbocycles. The number of nitrogens with one attached hydrogen (secondary N) is 1. The molecule has 150 valence electrons. The van der Waals surface area contributed by atoms with Crippen LogP contribution >= 0.6 is 0 Å². The summed E-state index contributed by atoms with van der Waals surface area (Å²) in [5.74, 6) is -0.198. The van der Waals surface area contributed by atoms with Crippen LogP contribution in [0.4, 0.5) is 0 Å². The highest BCUT2D eigenvalue weighted by Gasteiger charge is 2.28. The number of rotatable bonds is 5. The molecule has 1 aromatic heterocycles. The zero-order chi connectivity index (χ0) is 20.3. The van der Waals surface area contributed by atoms with Crippen LogP contribution in [0.1, 0.15) is 23.3 Å². The first-order chi connectivity index (χ1) is 14.0. The van der Waals surface area contributed by atoms with E-state index in [0.717, 1.165) is 5.69 Å². The molecule has 9 heteroatoms. The quantitative estimate of drug-likeness (QED) is 0.691. The van der Waals surface area contributed by atoms with Crippen LogP contribution in [0.3, 0.4) is 0 Å². The standard InChI is InChI=1S/C20H21N5O3S/c26-20(19-15-21-25(22-19)17-7-3-1-4-8-17)24-13-11-16(12-14-24)23-29(27,28)18-9-5-2-6-10-18/h1-10,15-16,23H,11-14H2. The van der Waals surface area contributed by atoms with Gasteiger partial charge in [-0.05, 0) is 37.1 Å². The summed E-state index contributed by atoms with van der Waals surface area (Å²) in [5, 5.41) is 8.44. The van der Waals surface area contributed by atoms with Crippen molar-refractivity contribution in [2.24, 2.45) is 0 Å². The molecule has 1 saturated heterocycles. The summed E-state index contributed by atoms with van der Waals surface area (Å²) < 4.78 is 27.7. The van der Waals surface area contributed by atoms with Gasteiger partial charge in [-0.25, -0.2) is 13.1 Å². The second-order valence-electron chi connectivity index (χ2n) is 6.86. The van der Waals surface area contributed by atoms with Gasteiger partial charge in [-0.1, -0.05) is 36.4 Å². The van der Waals surface area contributed by atoms with Crippen molar-refractivity contribution in [3.05, 3.63) is 72.6 Å². The lowest BCUT2D eigenvalue weighted by atomic mass is 10.1. The number of sulfonamides is 1. The molecule has 3 aromatic rings. The van der Waals surface area contributed by atoms with Gasteiger partial charge in [0.05, 0.1) is 16.8 Å². The lowest BCUT2D eigenvalue weighted by Gasteiger charge is -2.31. The van der Waals surface area contributed by atoms with Crippen LogP contribution in [-0.4, -0.2) is 53.4 Å². The number of nitrogens with zero attached hydrogens (tertiary/aromatic N) is 4. The minimum absolute atomic E-state index is 0.198. The molecule has 1 aliphatic rings. The van der Waals surface area contributed by atoms with E-state index >= 15 is 0 Å². The number of carbonyl (C=O) groups excluding carboxylic acids is 1. The predicted octanol–water partition coefficient (Wildman–Crippen LogP) is 1.85. The fourth-order valence-electron chi connectivity index (χ4n) is 3.30. The first-order valence-electron chi connectivity index (χ1n) is 9.37. The van der Waals surface area contributed by atoms with Crippen LogP contribution in [0.5, 0.6) is 0 Å². The van der Waals surface area contributed by atoms with Gasteiger partial charge in [-0.15, -0.1) is 5.10 Å². The van der Waals surface area contributed by atoms with E-state index < -0.39 is 10.0 Å². The highest BCUT2D eigenvalue weighted by Crippen LogP contribution is 2.16. The Balaban J connectivity index is 1.36. The number of hydrogen-bond acceptors (Lipinski definition) is 5. The minimum Gasteiger partial charge on any atom is -0.337 e. The molecular formula is C20H21N5O3S. The number of para-hydroxylation sites is 1. The number of benzene rings is 2. The van der Waals surface area contributed by atoms with Gasteiger partial charge >= 0.3 is 0 Å². The smallest absolute Gasteiger partial charge is 0.276 e. The molecule has 0 bridgehead atoms. The summed E-state index contributed by atoms with van der Waals surface area (Å²) >= 11 is 0. The van der Waals surface area contributed by atoms with Crippen LogP contribution in [-0.2, 0) is 10.0 Å². The lowest BCUT2D eigenvalue weighted by molar-refractivity contribution is 0.0705. The number of piperidine rings is 1. The van der Waals surface area contributed by atoms with Crippen molar-refractivity contribution >= 4 is 15.9 Å². The van der Waals surface area contributed by atoms with Crippen LogP contribution in [0.2, 0.25) is 0 Å². The first kappa shape index (κ1) is 19.3. The monoisotopic (exact) mass is 411 g/mol. The molecule has 8 nitrogen and oxygen atoms in total. The zero-order valence-electron chi connectivity index (χ0n) is 15.7. The molecule has 0 radical (unpaired) electrons. The molecule has 0 unspecified atom stereocenters. The fraction of sp³-hybridized carbons (Fsp3) is 0.250. The summed E-state index contributed by atoms with van der Waals surface area (Å²) in [6.07, 6.45) is 2.55. The SMILES string of the molecule is O=C(c1cnn(-c2ccccc2)n1)N1CCC(NS(=O)(=O)c2ccccc2)CC1. The molecule has 1 amide bonds. The molecule has 1 aliphatic heterocycles. The highest BCUT2D eigenvalue weighted by molar-refractivity contribution is 7.89. The van der Waals surface area contributed by atoms with Crippen LogP contribution in [0.25, 0.3) is 5.69 Å². The summed E-state index contributed by atoms with van der Waals surface area (Å²) in [5.41, 5.74) is 1.05. The molecule has 2 heterocycles. The van der Waals surface area contributed by atoms with Crippen molar-refractivity contribution in [3.63, 3.8) is 0 Å². The Morgan fingerprint density at radius 1 is 0.966 bits per heavy atom. The number of aromatic nitrogens is 3. The molecule has 1 fully saturated rings. The topological polar surface area (TPSA) is 97.2 Å². The Labute approximate surface area is 169 Å². The van der Waals surface area contributed by atoms with E-state index in [1.807, 2.05) is 30.3 Å². The van der Waals surface area contributed by atoms with Crippen LogP contribution in [0, 0.1) is 0 Å². The summed E-state index contributed by atoms with van der Waals surface area (Å²) in [6, 6.07) is 17.5. The van der Waals surface area contributed by atoms with Crippen LogP contribution < -0.4 is 4.72 Å². The summed E-state index contributed by atoms with van der Waals surface area (Å²) in [4.78, 5) is 16.1. The van der Waals surface area contributed by atoms with E-state index in [0.29, 0.717) is 25.9 Å². The number of hydrogen-bond donors (Lipinski definition) is 1. The lowest BCUT2D eigenvalue weighted by Crippen LogP contribution is -2.46. The van der Waals surface area contributed by atoms with Crippen LogP contribution in [0.15, 0.2) is 71.8 Å². The third-order valence-electron chi connectivity index (χ3n) is 4.86. The average molecular weight is 411 g/mol. The second kappa shape index (κ2) is 8.14. The van der Waals surface area contributed by atoms with Gasteiger partial charge < -0.3 is 4.90 Å². The van der Waals surface area contributed by atoms with E-state index in [2.05, 4.69) is 14.9 Å². The Morgan fingerprint density at radius 2 is 1.59 bits per heavy atom. The molecule has 0 spiro atoms. The van der Waals surface area contributed by atoms with Gasteiger partial charge in [0.1, 0.15) is 0 Å². The third-order valence-corrected chi connectivity index (χ3v) is 6.39. The van der Waals surface area contributed by atoms with Gasteiger partial charge in [0.2, 0.25) is 10.0 Å². The normalized spacial score (nSPS) is 15.4. The largest absolute Gasteiger partial charge is 0.337 e. The molecule has 1 N–H and O–H groups in total. The van der Waals surface area contributed by atoms with Crippen molar-refractivity contribution in [3.8, 4) is 5.69 Å². The summed E-state index contributed by atoms with van der Waals surface area (Å²) in [6.45, 7) is 0.915. The molecular weight excluding hydrogens is 390 g/mol. The van der Waals surface area contributed by atoms with Gasteiger partial charge in [0.25, 0.3) is 5.91 Å². The van der Waals surface area contributed by atoms with Crippen molar-refractivity contribution in [2.75, 3.05) is 13.1 Å². The van der Waals surface area contributed by atoms with Gasteiger partial charge in [0.15, 0.2) is 5.69 Å². The number of carbonyl (C=O) groups is 1. The van der Waals surface area contributed by atoms with E-state index in [-0.39, 0.29) is 22.5 Å². The maximum Gasteiger partial charge on any atom is 0.276 e. The first-order valence-corrected chi connectivity index (χ1v) is 10.9. The predicted molar refractivity (Wildman–Crippen MR) is 107 cm³/mol. The average Bonchev–Trinajstić information content (AvgIpc) is 3.25. The number of likely N-dealkylation sites (tertiary alicyclic amines) is 1. The zero-order valence-corrected chi connectivity index (χ0v) is 16.5. The van der Waals surface area contributed by atoms with Crippen molar-refractivity contribution in [1.29, 1.82) is 0 Å². The molecule has 0 aliphatic carbocycles. The van der Waals surface area contributed by atoms with Crippen molar-refractivity contribution in [1.82, 2.24) is 24.6 Å². The Morgan fingerprint density at radius 3 is 2.24 bits per heavy atom. The van der Waals surface area contributed by atoms with E-state index in [9.17, 15) is 13.2 Å². The Hall–Kier alpha value is -3.04. The van der Waals surface area contributed by atoms with Crippen molar-refractivity contribution in [2.45, 2.75) is 23.8 Å². The second-order valence-corrected chi connectivity index (χ2v) is 8.57.